The molecule has 1 aromatic heterocycles. The zero-order valence-corrected chi connectivity index (χ0v) is 10.3. The van der Waals surface area contributed by atoms with Gasteiger partial charge < -0.3 is 10.5 Å². The van der Waals surface area contributed by atoms with Crippen molar-refractivity contribution < 1.29 is 4.74 Å². The van der Waals surface area contributed by atoms with Crippen molar-refractivity contribution >= 4 is 5.69 Å². The van der Waals surface area contributed by atoms with Crippen molar-refractivity contribution in [1.29, 1.82) is 0 Å². The van der Waals surface area contributed by atoms with E-state index in [9.17, 15) is 0 Å². The standard InChI is InChI=1S/C13H17N3O/c1-9(2)16-7-6-12(15-16)10-4-5-11(14)13(8-10)17-3/h4-9H,14H2,1-3H3. The first kappa shape index (κ1) is 11.5. The number of aromatic nitrogens is 2. The molecule has 0 aliphatic heterocycles. The van der Waals surface area contributed by atoms with Gasteiger partial charge >= 0.3 is 0 Å². The van der Waals surface area contributed by atoms with E-state index in [1.165, 1.54) is 0 Å². The fraction of sp³-hybridized carbons (Fsp3) is 0.308. The molecule has 0 aliphatic rings. The molecule has 1 aromatic carbocycles. The summed E-state index contributed by atoms with van der Waals surface area (Å²) in [6.45, 7) is 4.20. The minimum atomic E-state index is 0.361. The average Bonchev–Trinajstić information content (AvgIpc) is 2.79. The molecule has 0 bridgehead atoms. The van der Waals surface area contributed by atoms with E-state index in [0.717, 1.165) is 11.3 Å². The highest BCUT2D eigenvalue weighted by molar-refractivity contribution is 5.67. The third kappa shape index (κ3) is 2.25. The van der Waals surface area contributed by atoms with E-state index < -0.39 is 0 Å². The Bertz CT molecular complexity index is 517. The van der Waals surface area contributed by atoms with E-state index >= 15 is 0 Å². The van der Waals surface area contributed by atoms with Gasteiger partial charge in [-0.3, -0.25) is 4.68 Å². The Balaban J connectivity index is 2.38. The number of anilines is 1. The van der Waals surface area contributed by atoms with Crippen molar-refractivity contribution in [2.75, 3.05) is 12.8 Å². The highest BCUT2D eigenvalue weighted by atomic mass is 16.5. The second-order valence-electron chi connectivity index (χ2n) is 4.23. The summed E-state index contributed by atoms with van der Waals surface area (Å²) in [7, 11) is 1.61. The summed E-state index contributed by atoms with van der Waals surface area (Å²) >= 11 is 0. The molecular weight excluding hydrogens is 214 g/mol. The van der Waals surface area contributed by atoms with E-state index in [1.807, 2.05) is 35.1 Å². The lowest BCUT2D eigenvalue weighted by Gasteiger charge is -2.06. The molecule has 0 unspecified atom stereocenters. The van der Waals surface area contributed by atoms with Crippen LogP contribution in [-0.4, -0.2) is 16.9 Å². The molecule has 0 atom stereocenters. The third-order valence-corrected chi connectivity index (χ3v) is 2.67. The molecule has 0 amide bonds. The number of benzene rings is 1. The van der Waals surface area contributed by atoms with E-state index in [-0.39, 0.29) is 0 Å². The van der Waals surface area contributed by atoms with E-state index in [4.69, 9.17) is 10.5 Å². The summed E-state index contributed by atoms with van der Waals surface area (Å²) < 4.78 is 7.13. The van der Waals surface area contributed by atoms with Crippen molar-refractivity contribution in [3.05, 3.63) is 30.5 Å². The van der Waals surface area contributed by atoms with Gasteiger partial charge in [0.1, 0.15) is 5.75 Å². The van der Waals surface area contributed by atoms with Crippen LogP contribution < -0.4 is 10.5 Å². The molecule has 0 aliphatic carbocycles. The number of nitrogen functional groups attached to an aromatic ring is 1. The molecule has 2 rings (SSSR count). The molecule has 0 saturated carbocycles. The fourth-order valence-electron chi connectivity index (χ4n) is 1.65. The summed E-state index contributed by atoms with van der Waals surface area (Å²) in [4.78, 5) is 0. The summed E-state index contributed by atoms with van der Waals surface area (Å²) in [5.41, 5.74) is 8.36. The number of hydrogen-bond acceptors (Lipinski definition) is 3. The van der Waals surface area contributed by atoms with Crippen molar-refractivity contribution in [2.24, 2.45) is 0 Å². The quantitative estimate of drug-likeness (QED) is 0.826. The van der Waals surface area contributed by atoms with Gasteiger partial charge in [0.05, 0.1) is 18.5 Å². The molecule has 2 aromatic rings. The first-order valence-corrected chi connectivity index (χ1v) is 5.61. The van der Waals surface area contributed by atoms with Crippen LogP contribution in [0.5, 0.6) is 5.75 Å². The van der Waals surface area contributed by atoms with Crippen LogP contribution in [0.25, 0.3) is 11.3 Å². The highest BCUT2D eigenvalue weighted by Crippen LogP contribution is 2.28. The predicted octanol–water partition coefficient (Wildman–Crippen LogP) is 2.72. The van der Waals surface area contributed by atoms with Gasteiger partial charge in [-0.2, -0.15) is 5.10 Å². The topological polar surface area (TPSA) is 53.1 Å². The lowest BCUT2D eigenvalue weighted by molar-refractivity contribution is 0.417. The van der Waals surface area contributed by atoms with Crippen LogP contribution in [-0.2, 0) is 0 Å². The van der Waals surface area contributed by atoms with Crippen LogP contribution >= 0.6 is 0 Å². The maximum Gasteiger partial charge on any atom is 0.142 e. The average molecular weight is 231 g/mol. The molecule has 4 heteroatoms. The Kier molecular flexibility index (Phi) is 3.04. The summed E-state index contributed by atoms with van der Waals surface area (Å²) in [5, 5.41) is 4.51. The van der Waals surface area contributed by atoms with Crippen molar-refractivity contribution in [2.45, 2.75) is 19.9 Å². The maximum atomic E-state index is 5.78. The Morgan fingerprint density at radius 3 is 2.65 bits per heavy atom. The molecule has 4 nitrogen and oxygen atoms in total. The minimum absolute atomic E-state index is 0.361. The largest absolute Gasteiger partial charge is 0.495 e. The van der Waals surface area contributed by atoms with Gasteiger partial charge in [0.25, 0.3) is 0 Å². The first-order valence-electron chi connectivity index (χ1n) is 5.61. The molecule has 0 saturated heterocycles. The molecule has 0 radical (unpaired) electrons. The molecule has 1 heterocycles. The van der Waals surface area contributed by atoms with Crippen LogP contribution in [0.4, 0.5) is 5.69 Å². The second-order valence-corrected chi connectivity index (χ2v) is 4.23. The minimum Gasteiger partial charge on any atom is -0.495 e. The van der Waals surface area contributed by atoms with Crippen LogP contribution in [0.1, 0.15) is 19.9 Å². The van der Waals surface area contributed by atoms with Crippen LogP contribution in [0.15, 0.2) is 30.5 Å². The Morgan fingerprint density at radius 2 is 2.06 bits per heavy atom. The van der Waals surface area contributed by atoms with Crippen LogP contribution in [0, 0.1) is 0 Å². The van der Waals surface area contributed by atoms with Crippen LogP contribution in [0.3, 0.4) is 0 Å². The number of rotatable bonds is 3. The molecular formula is C13H17N3O. The third-order valence-electron chi connectivity index (χ3n) is 2.67. The van der Waals surface area contributed by atoms with E-state index in [1.54, 1.807) is 7.11 Å². The lowest BCUT2D eigenvalue weighted by atomic mass is 10.1. The Hall–Kier alpha value is -1.97. The summed E-state index contributed by atoms with van der Waals surface area (Å²) in [6, 6.07) is 8.04. The summed E-state index contributed by atoms with van der Waals surface area (Å²) in [6.07, 6.45) is 1.98. The monoisotopic (exact) mass is 231 g/mol. The maximum absolute atomic E-state index is 5.78. The van der Waals surface area contributed by atoms with Gasteiger partial charge in [-0.1, -0.05) is 6.07 Å². The van der Waals surface area contributed by atoms with Gasteiger partial charge in [0.15, 0.2) is 0 Å². The highest BCUT2D eigenvalue weighted by Gasteiger charge is 2.07. The lowest BCUT2D eigenvalue weighted by Crippen LogP contribution is -2.00. The zero-order chi connectivity index (χ0) is 12.4. The SMILES string of the molecule is COc1cc(-c2ccn(C(C)C)n2)ccc1N. The van der Waals surface area contributed by atoms with Gasteiger partial charge in [-0.05, 0) is 32.0 Å². The van der Waals surface area contributed by atoms with Crippen molar-refractivity contribution in [1.82, 2.24) is 9.78 Å². The van der Waals surface area contributed by atoms with Gasteiger partial charge in [0.2, 0.25) is 0 Å². The first-order chi connectivity index (χ1) is 8.11. The second kappa shape index (κ2) is 4.49. The number of methoxy groups -OCH3 is 1. The Morgan fingerprint density at radius 1 is 1.29 bits per heavy atom. The van der Waals surface area contributed by atoms with Gasteiger partial charge in [-0.25, -0.2) is 0 Å². The normalized spacial score (nSPS) is 10.8. The number of ether oxygens (including phenoxy) is 1. The molecule has 0 spiro atoms. The smallest absolute Gasteiger partial charge is 0.142 e. The van der Waals surface area contributed by atoms with Gasteiger partial charge in [0, 0.05) is 17.8 Å². The number of nitrogens with zero attached hydrogens (tertiary/aromatic N) is 2. The molecule has 2 N–H and O–H groups in total. The van der Waals surface area contributed by atoms with Crippen molar-refractivity contribution in [3.63, 3.8) is 0 Å². The predicted molar refractivity (Wildman–Crippen MR) is 69.0 cm³/mol. The fourth-order valence-corrected chi connectivity index (χ4v) is 1.65. The zero-order valence-electron chi connectivity index (χ0n) is 10.3. The number of hydrogen-bond donors (Lipinski definition) is 1. The molecule has 0 fully saturated rings. The molecule has 90 valence electrons. The van der Waals surface area contributed by atoms with Crippen molar-refractivity contribution in [3.8, 4) is 17.0 Å². The van der Waals surface area contributed by atoms with Crippen LogP contribution in [0.2, 0.25) is 0 Å². The Labute approximate surface area is 101 Å². The number of nitrogens with two attached hydrogens (primary N) is 1. The van der Waals surface area contributed by atoms with Gasteiger partial charge in [-0.15, -0.1) is 0 Å². The molecule has 17 heavy (non-hydrogen) atoms. The summed E-state index contributed by atoms with van der Waals surface area (Å²) in [5.74, 6) is 0.682. The van der Waals surface area contributed by atoms with E-state index in [0.29, 0.717) is 17.5 Å². The van der Waals surface area contributed by atoms with E-state index in [2.05, 4.69) is 18.9 Å².